The molecule has 7 heteroatoms. The van der Waals surface area contributed by atoms with Gasteiger partial charge in [0.25, 0.3) is 0 Å². The van der Waals surface area contributed by atoms with Gasteiger partial charge in [-0.1, -0.05) is 6.07 Å². The van der Waals surface area contributed by atoms with E-state index in [0.717, 1.165) is 12.8 Å². The van der Waals surface area contributed by atoms with Gasteiger partial charge in [-0.25, -0.2) is 4.79 Å². The smallest absolute Gasteiger partial charge is 0.342 e. The van der Waals surface area contributed by atoms with Crippen LogP contribution in [0.15, 0.2) is 18.2 Å². The van der Waals surface area contributed by atoms with Crippen LogP contribution in [0.25, 0.3) is 0 Å². The van der Waals surface area contributed by atoms with Gasteiger partial charge in [0.15, 0.2) is 0 Å². The Morgan fingerprint density at radius 2 is 2.21 bits per heavy atom. The number of aliphatic hydroxyl groups is 1. The lowest BCUT2D eigenvalue weighted by Crippen LogP contribution is -2.22. The largest absolute Gasteiger partial charge is 0.477 e. The third-order valence-electron chi connectivity index (χ3n) is 3.12. The summed E-state index contributed by atoms with van der Waals surface area (Å²) < 4.78 is 0. The van der Waals surface area contributed by atoms with Crippen molar-refractivity contribution in [1.82, 2.24) is 0 Å². The van der Waals surface area contributed by atoms with Gasteiger partial charge in [0.05, 0.1) is 11.0 Å². The second kappa shape index (κ2) is 5.23. The SMILES string of the molecule is O=C(O)c1cccc(NCC(O)C2CC2)c1[N+](=O)[O-]. The number of aliphatic hydroxyl groups excluding tert-OH is 1. The zero-order chi connectivity index (χ0) is 14.0. The maximum atomic E-state index is 11.0. The molecular weight excluding hydrogens is 252 g/mol. The molecule has 0 aromatic heterocycles. The average Bonchev–Trinajstić information content (AvgIpc) is 3.19. The second-order valence-corrected chi connectivity index (χ2v) is 4.55. The molecule has 0 saturated heterocycles. The zero-order valence-electron chi connectivity index (χ0n) is 10.1. The summed E-state index contributed by atoms with van der Waals surface area (Å²) in [7, 11) is 0. The molecule has 0 aliphatic heterocycles. The topological polar surface area (TPSA) is 113 Å². The average molecular weight is 266 g/mol. The van der Waals surface area contributed by atoms with Crippen LogP contribution in [-0.4, -0.2) is 33.8 Å². The number of nitrogens with one attached hydrogen (secondary N) is 1. The molecule has 0 spiro atoms. The summed E-state index contributed by atoms with van der Waals surface area (Å²) in [6, 6.07) is 4.05. The minimum Gasteiger partial charge on any atom is -0.477 e. The second-order valence-electron chi connectivity index (χ2n) is 4.55. The fourth-order valence-corrected chi connectivity index (χ4v) is 1.92. The third-order valence-corrected chi connectivity index (χ3v) is 3.12. The standard InChI is InChI=1S/C12H14N2O5/c15-10(7-4-5-7)6-13-9-3-1-2-8(12(16)17)11(9)14(18)19/h1-3,7,10,13,15H,4-6H2,(H,16,17). The molecule has 102 valence electrons. The predicted molar refractivity (Wildman–Crippen MR) is 67.3 cm³/mol. The summed E-state index contributed by atoms with van der Waals surface area (Å²) >= 11 is 0. The molecule has 19 heavy (non-hydrogen) atoms. The van der Waals surface area contributed by atoms with Crippen LogP contribution in [0.1, 0.15) is 23.2 Å². The van der Waals surface area contributed by atoms with Crippen LogP contribution in [0.4, 0.5) is 11.4 Å². The number of carbonyl (C=O) groups is 1. The van der Waals surface area contributed by atoms with Crippen LogP contribution in [0.2, 0.25) is 0 Å². The van der Waals surface area contributed by atoms with Crippen LogP contribution in [0, 0.1) is 16.0 Å². The van der Waals surface area contributed by atoms with Gasteiger partial charge in [-0.2, -0.15) is 0 Å². The number of nitrogens with zero attached hydrogens (tertiary/aromatic N) is 1. The highest BCUT2D eigenvalue weighted by atomic mass is 16.6. The Morgan fingerprint density at radius 1 is 1.53 bits per heavy atom. The maximum Gasteiger partial charge on any atom is 0.342 e. The molecule has 1 saturated carbocycles. The molecule has 1 atom stereocenters. The van der Waals surface area contributed by atoms with E-state index in [1.54, 1.807) is 0 Å². The lowest BCUT2D eigenvalue weighted by atomic mass is 10.1. The van der Waals surface area contributed by atoms with E-state index in [-0.39, 0.29) is 23.7 Å². The number of rotatable bonds is 6. The summed E-state index contributed by atoms with van der Waals surface area (Å²) in [4.78, 5) is 21.2. The van der Waals surface area contributed by atoms with Crippen LogP contribution in [0.5, 0.6) is 0 Å². The molecule has 2 rings (SSSR count). The number of nitro groups is 1. The van der Waals surface area contributed by atoms with Gasteiger partial charge in [0, 0.05) is 6.54 Å². The van der Waals surface area contributed by atoms with Crippen LogP contribution >= 0.6 is 0 Å². The Hall–Kier alpha value is -2.15. The molecule has 1 aliphatic carbocycles. The monoisotopic (exact) mass is 266 g/mol. The van der Waals surface area contributed by atoms with Crippen molar-refractivity contribution in [3.8, 4) is 0 Å². The molecule has 1 unspecified atom stereocenters. The molecule has 7 nitrogen and oxygen atoms in total. The van der Waals surface area contributed by atoms with E-state index in [0.29, 0.717) is 0 Å². The number of nitro benzene ring substituents is 1. The Morgan fingerprint density at radius 3 is 2.74 bits per heavy atom. The van der Waals surface area contributed by atoms with Crippen LogP contribution in [0.3, 0.4) is 0 Å². The first kappa shape index (κ1) is 13.3. The number of hydrogen-bond acceptors (Lipinski definition) is 5. The Kier molecular flexibility index (Phi) is 3.66. The first-order chi connectivity index (χ1) is 9.00. The molecule has 0 radical (unpaired) electrons. The summed E-state index contributed by atoms with van der Waals surface area (Å²) in [5.41, 5.74) is -0.724. The van der Waals surface area contributed by atoms with E-state index in [1.165, 1.54) is 18.2 Å². The van der Waals surface area contributed by atoms with E-state index in [9.17, 15) is 20.0 Å². The Labute approximate surface area is 109 Å². The highest BCUT2D eigenvalue weighted by Gasteiger charge is 2.30. The van der Waals surface area contributed by atoms with Crippen molar-refractivity contribution in [1.29, 1.82) is 0 Å². The van der Waals surface area contributed by atoms with Gasteiger partial charge in [-0.05, 0) is 30.9 Å². The summed E-state index contributed by atoms with van der Waals surface area (Å²) in [6.07, 6.45) is 1.35. The van der Waals surface area contributed by atoms with Crippen molar-refractivity contribution in [3.05, 3.63) is 33.9 Å². The molecule has 0 amide bonds. The fourth-order valence-electron chi connectivity index (χ4n) is 1.92. The van der Waals surface area contributed by atoms with Crippen molar-refractivity contribution in [2.24, 2.45) is 5.92 Å². The molecular formula is C12H14N2O5. The van der Waals surface area contributed by atoms with Crippen molar-refractivity contribution in [3.63, 3.8) is 0 Å². The molecule has 1 aromatic carbocycles. The minimum absolute atomic E-state index is 0.115. The van der Waals surface area contributed by atoms with E-state index >= 15 is 0 Å². The summed E-state index contributed by atoms with van der Waals surface area (Å²) in [5.74, 6) is -1.10. The summed E-state index contributed by atoms with van der Waals surface area (Å²) in [6.45, 7) is 0.175. The van der Waals surface area contributed by atoms with Crippen molar-refractivity contribution in [2.45, 2.75) is 18.9 Å². The normalized spacial score (nSPS) is 15.8. The summed E-state index contributed by atoms with van der Waals surface area (Å²) in [5, 5.41) is 32.4. The lowest BCUT2D eigenvalue weighted by Gasteiger charge is -2.12. The molecule has 0 heterocycles. The van der Waals surface area contributed by atoms with Gasteiger partial charge in [-0.15, -0.1) is 0 Å². The first-order valence-corrected chi connectivity index (χ1v) is 5.93. The maximum absolute atomic E-state index is 11.0. The van der Waals surface area contributed by atoms with Crippen molar-refractivity contribution in [2.75, 3.05) is 11.9 Å². The number of benzene rings is 1. The Bertz CT molecular complexity index is 513. The van der Waals surface area contributed by atoms with Gasteiger partial charge in [0.1, 0.15) is 11.3 Å². The minimum atomic E-state index is -1.35. The molecule has 3 N–H and O–H groups in total. The van der Waals surface area contributed by atoms with E-state index in [2.05, 4.69) is 5.32 Å². The quantitative estimate of drug-likeness (QED) is 0.531. The highest BCUT2D eigenvalue weighted by Crippen LogP contribution is 2.33. The zero-order valence-corrected chi connectivity index (χ0v) is 10.1. The third kappa shape index (κ3) is 3.00. The highest BCUT2D eigenvalue weighted by molar-refractivity contribution is 5.95. The number of carboxylic acid groups (broad SMARTS) is 1. The van der Waals surface area contributed by atoms with Crippen LogP contribution < -0.4 is 5.32 Å². The fraction of sp³-hybridized carbons (Fsp3) is 0.417. The molecule has 0 bridgehead atoms. The number of carboxylic acids is 1. The first-order valence-electron chi connectivity index (χ1n) is 5.93. The number of aromatic carboxylic acids is 1. The van der Waals surface area contributed by atoms with Gasteiger partial charge >= 0.3 is 11.7 Å². The van der Waals surface area contributed by atoms with E-state index < -0.39 is 22.7 Å². The molecule has 1 aliphatic rings. The van der Waals surface area contributed by atoms with E-state index in [1.807, 2.05) is 0 Å². The van der Waals surface area contributed by atoms with E-state index in [4.69, 9.17) is 5.11 Å². The molecule has 1 fully saturated rings. The van der Waals surface area contributed by atoms with Gasteiger partial charge < -0.3 is 15.5 Å². The predicted octanol–water partition coefficient (Wildman–Crippen LogP) is 1.48. The van der Waals surface area contributed by atoms with Crippen molar-refractivity contribution >= 4 is 17.3 Å². The van der Waals surface area contributed by atoms with Gasteiger partial charge in [0.2, 0.25) is 0 Å². The number of hydrogen-bond donors (Lipinski definition) is 3. The number of anilines is 1. The van der Waals surface area contributed by atoms with Crippen molar-refractivity contribution < 1.29 is 19.9 Å². The van der Waals surface area contributed by atoms with Gasteiger partial charge in [-0.3, -0.25) is 10.1 Å². The number of para-hydroxylation sites is 1. The molecule has 1 aromatic rings. The Balaban J connectivity index is 2.20. The lowest BCUT2D eigenvalue weighted by molar-refractivity contribution is -0.384. The van der Waals surface area contributed by atoms with Crippen LogP contribution in [-0.2, 0) is 0 Å².